The lowest BCUT2D eigenvalue weighted by atomic mass is 10.2. The average molecular weight is 266 g/mol. The molecule has 98 valence electrons. The Bertz CT molecular complexity index is 886. The van der Waals surface area contributed by atoms with Crippen molar-refractivity contribution >= 4 is 28.2 Å². The summed E-state index contributed by atoms with van der Waals surface area (Å²) < 4.78 is 4.99. The number of H-pyrrole nitrogens is 1. The first-order valence-corrected chi connectivity index (χ1v) is 5.85. The predicted octanol–water partition coefficient (Wildman–Crippen LogP) is 2.32. The summed E-state index contributed by atoms with van der Waals surface area (Å²) in [4.78, 5) is 13.7. The van der Waals surface area contributed by atoms with Crippen LogP contribution in [0.3, 0.4) is 0 Å². The highest BCUT2D eigenvalue weighted by Crippen LogP contribution is 2.25. The largest absolute Gasteiger partial charge is 0.417 e. The summed E-state index contributed by atoms with van der Waals surface area (Å²) in [6.45, 7) is 0. The Kier molecular flexibility index (Phi) is 2.66. The first-order chi connectivity index (χ1) is 9.65. The van der Waals surface area contributed by atoms with Gasteiger partial charge in [-0.3, -0.25) is 4.98 Å². The number of oxazole rings is 1. The second-order valence-electron chi connectivity index (χ2n) is 4.26. The van der Waals surface area contributed by atoms with E-state index < -0.39 is 5.76 Å². The molecular formula is C14H10N4O2. The molecule has 20 heavy (non-hydrogen) atoms. The highest BCUT2D eigenvalue weighted by Gasteiger charge is 2.05. The van der Waals surface area contributed by atoms with Crippen LogP contribution >= 0.6 is 0 Å². The summed E-state index contributed by atoms with van der Waals surface area (Å²) >= 11 is 0. The fourth-order valence-corrected chi connectivity index (χ4v) is 1.92. The Morgan fingerprint density at radius 1 is 1.25 bits per heavy atom. The van der Waals surface area contributed by atoms with Crippen LogP contribution in [0.15, 0.2) is 45.6 Å². The maximum absolute atomic E-state index is 11.1. The summed E-state index contributed by atoms with van der Waals surface area (Å²) in [7, 11) is 0. The summed E-state index contributed by atoms with van der Waals surface area (Å²) in [6.07, 6.45) is 0. The number of aromatic amines is 1. The topological polar surface area (TPSA) is 108 Å². The van der Waals surface area contributed by atoms with Crippen molar-refractivity contribution in [3.63, 3.8) is 0 Å². The van der Waals surface area contributed by atoms with Crippen LogP contribution in [0.1, 0.15) is 5.56 Å². The van der Waals surface area contributed by atoms with Crippen molar-refractivity contribution in [2.75, 3.05) is 11.1 Å². The van der Waals surface area contributed by atoms with E-state index in [4.69, 9.17) is 15.4 Å². The summed E-state index contributed by atoms with van der Waals surface area (Å²) in [5.41, 5.74) is 9.35. The van der Waals surface area contributed by atoms with E-state index >= 15 is 0 Å². The number of aromatic nitrogens is 1. The van der Waals surface area contributed by atoms with Crippen molar-refractivity contribution in [1.82, 2.24) is 4.98 Å². The lowest BCUT2D eigenvalue weighted by Gasteiger charge is -2.09. The van der Waals surface area contributed by atoms with Gasteiger partial charge in [-0.2, -0.15) is 5.26 Å². The standard InChI is InChI=1S/C14H10N4O2/c15-7-8-1-3-11(10(16)5-8)17-9-2-4-12-13(6-9)20-14(19)18-12/h1-6,17H,16H2,(H,18,19). The number of benzene rings is 2. The summed E-state index contributed by atoms with van der Waals surface area (Å²) in [6, 6.07) is 12.3. The lowest BCUT2D eigenvalue weighted by Crippen LogP contribution is -1.96. The van der Waals surface area contributed by atoms with Crippen LogP contribution < -0.4 is 16.8 Å². The van der Waals surface area contributed by atoms with Crippen LogP contribution in [-0.2, 0) is 0 Å². The molecule has 6 nitrogen and oxygen atoms in total. The number of hydrogen-bond donors (Lipinski definition) is 3. The number of nitrogen functional groups attached to an aromatic ring is 1. The van der Waals surface area contributed by atoms with Gasteiger partial charge in [-0.05, 0) is 30.3 Å². The molecule has 0 fully saturated rings. The molecule has 0 saturated carbocycles. The van der Waals surface area contributed by atoms with E-state index in [1.807, 2.05) is 6.07 Å². The van der Waals surface area contributed by atoms with Gasteiger partial charge < -0.3 is 15.5 Å². The highest BCUT2D eigenvalue weighted by molar-refractivity contribution is 5.81. The summed E-state index contributed by atoms with van der Waals surface area (Å²) in [5, 5.41) is 11.9. The molecular weight excluding hydrogens is 256 g/mol. The second kappa shape index (κ2) is 4.48. The van der Waals surface area contributed by atoms with Crippen LogP contribution in [-0.4, -0.2) is 4.98 Å². The smallest absolute Gasteiger partial charge is 0.408 e. The molecule has 0 spiro atoms. The Morgan fingerprint density at radius 3 is 2.85 bits per heavy atom. The van der Waals surface area contributed by atoms with Crippen LogP contribution in [0.2, 0.25) is 0 Å². The zero-order valence-corrected chi connectivity index (χ0v) is 10.3. The van der Waals surface area contributed by atoms with Crippen LogP contribution in [0.4, 0.5) is 17.1 Å². The zero-order valence-electron chi connectivity index (χ0n) is 10.3. The van der Waals surface area contributed by atoms with Crippen LogP contribution in [0, 0.1) is 11.3 Å². The molecule has 1 aromatic heterocycles. The molecule has 3 rings (SSSR count). The number of nitrogens with one attached hydrogen (secondary N) is 2. The van der Waals surface area contributed by atoms with Crippen molar-refractivity contribution in [2.45, 2.75) is 0 Å². The number of rotatable bonds is 2. The van der Waals surface area contributed by atoms with Gasteiger partial charge in [0.25, 0.3) is 0 Å². The van der Waals surface area contributed by atoms with Crippen molar-refractivity contribution in [3.8, 4) is 6.07 Å². The third-order valence-electron chi connectivity index (χ3n) is 2.88. The molecule has 0 saturated heterocycles. The van der Waals surface area contributed by atoms with Crippen molar-refractivity contribution < 1.29 is 4.42 Å². The molecule has 4 N–H and O–H groups in total. The quantitative estimate of drug-likeness (QED) is 0.617. The van der Waals surface area contributed by atoms with Gasteiger partial charge in [0, 0.05) is 11.8 Å². The number of anilines is 3. The minimum Gasteiger partial charge on any atom is -0.408 e. The maximum atomic E-state index is 11.1. The molecule has 6 heteroatoms. The predicted molar refractivity (Wildman–Crippen MR) is 75.7 cm³/mol. The van der Waals surface area contributed by atoms with Crippen molar-refractivity contribution in [3.05, 3.63) is 52.5 Å². The van der Waals surface area contributed by atoms with Gasteiger partial charge in [0.2, 0.25) is 0 Å². The first-order valence-electron chi connectivity index (χ1n) is 5.85. The minimum atomic E-state index is -0.491. The number of fused-ring (bicyclic) bond motifs is 1. The number of nitrogens with two attached hydrogens (primary N) is 1. The van der Waals surface area contributed by atoms with E-state index in [9.17, 15) is 4.79 Å². The van der Waals surface area contributed by atoms with Gasteiger partial charge in [0.15, 0.2) is 5.58 Å². The van der Waals surface area contributed by atoms with E-state index in [0.717, 1.165) is 5.69 Å². The minimum absolute atomic E-state index is 0.465. The zero-order chi connectivity index (χ0) is 14.1. The third-order valence-corrected chi connectivity index (χ3v) is 2.88. The number of nitriles is 1. The van der Waals surface area contributed by atoms with Gasteiger partial charge in [-0.25, -0.2) is 4.79 Å². The third kappa shape index (κ3) is 2.08. The summed E-state index contributed by atoms with van der Waals surface area (Å²) in [5.74, 6) is -0.491. The Labute approximate surface area is 113 Å². The van der Waals surface area contributed by atoms with E-state index in [1.54, 1.807) is 36.4 Å². The fourth-order valence-electron chi connectivity index (χ4n) is 1.92. The molecule has 0 amide bonds. The van der Waals surface area contributed by atoms with Gasteiger partial charge in [-0.15, -0.1) is 0 Å². The van der Waals surface area contributed by atoms with Crippen LogP contribution in [0.5, 0.6) is 0 Å². The number of hydrogen-bond acceptors (Lipinski definition) is 5. The maximum Gasteiger partial charge on any atom is 0.417 e. The van der Waals surface area contributed by atoms with E-state index in [-0.39, 0.29) is 0 Å². The SMILES string of the molecule is N#Cc1ccc(Nc2ccc3[nH]c(=O)oc3c2)c(N)c1. The molecule has 0 aliphatic carbocycles. The van der Waals surface area contributed by atoms with Gasteiger partial charge in [-0.1, -0.05) is 0 Å². The van der Waals surface area contributed by atoms with Crippen molar-refractivity contribution in [1.29, 1.82) is 5.26 Å². The van der Waals surface area contributed by atoms with Gasteiger partial charge >= 0.3 is 5.76 Å². The average Bonchev–Trinajstić information content (AvgIpc) is 2.80. The monoisotopic (exact) mass is 266 g/mol. The van der Waals surface area contributed by atoms with E-state index in [2.05, 4.69) is 10.3 Å². The Balaban J connectivity index is 1.96. The molecule has 0 atom stereocenters. The number of nitrogens with zero attached hydrogens (tertiary/aromatic N) is 1. The molecule has 0 radical (unpaired) electrons. The molecule has 0 unspecified atom stereocenters. The van der Waals surface area contributed by atoms with E-state index in [0.29, 0.717) is 28.0 Å². The highest BCUT2D eigenvalue weighted by atomic mass is 16.4. The normalized spacial score (nSPS) is 10.3. The molecule has 0 aliphatic rings. The molecule has 0 bridgehead atoms. The van der Waals surface area contributed by atoms with E-state index in [1.165, 1.54) is 0 Å². The van der Waals surface area contributed by atoms with Crippen molar-refractivity contribution in [2.24, 2.45) is 0 Å². The first kappa shape index (κ1) is 11.9. The molecule has 0 aliphatic heterocycles. The van der Waals surface area contributed by atoms with Gasteiger partial charge in [0.1, 0.15) is 0 Å². The molecule has 3 aromatic rings. The lowest BCUT2D eigenvalue weighted by molar-refractivity contribution is 0.555. The molecule has 2 aromatic carbocycles. The van der Waals surface area contributed by atoms with Gasteiger partial charge in [0.05, 0.1) is 28.5 Å². The fraction of sp³-hybridized carbons (Fsp3) is 0. The van der Waals surface area contributed by atoms with Crippen LogP contribution in [0.25, 0.3) is 11.1 Å². The second-order valence-corrected chi connectivity index (χ2v) is 4.26. The Morgan fingerprint density at radius 2 is 2.10 bits per heavy atom. The Hall–Kier alpha value is -3.20. The molecule has 1 heterocycles.